The number of benzene rings is 2. The number of carbonyl (C=O) groups excluding carboxylic acids is 2. The van der Waals surface area contributed by atoms with Gasteiger partial charge in [-0.3, -0.25) is 9.59 Å². The summed E-state index contributed by atoms with van der Waals surface area (Å²) in [5.74, 6) is 1.43. The zero-order valence-electron chi connectivity index (χ0n) is 20.4. The average molecular weight is 452 g/mol. The van der Waals surface area contributed by atoms with Crippen LogP contribution in [0, 0.1) is 17.3 Å². The Labute approximate surface area is 197 Å². The molecule has 1 aliphatic heterocycles. The molecule has 1 amide bonds. The summed E-state index contributed by atoms with van der Waals surface area (Å²) in [4.78, 5) is 26.6. The smallest absolute Gasteiger partial charge is 0.308 e. The standard InChI is InChI=1S/C28H37NO4/c1-28(2,3)23-8-11-24(12-9-23)33-25-10-7-20-17-22(6-5-21(20)18-25)26(30)29-15-13-19(14-16-29)27(31)32-4/h5-7,10,17-19,23-24H,8-9,11-16H2,1-4H3. The van der Waals surface area contributed by atoms with Crippen molar-refractivity contribution in [1.82, 2.24) is 4.90 Å². The van der Waals surface area contributed by atoms with Gasteiger partial charge in [-0.25, -0.2) is 0 Å². The molecule has 0 aromatic heterocycles. The fourth-order valence-corrected chi connectivity index (χ4v) is 5.34. The molecule has 0 radical (unpaired) electrons. The van der Waals surface area contributed by atoms with Crippen LogP contribution in [-0.4, -0.2) is 43.1 Å². The molecule has 0 bridgehead atoms. The van der Waals surface area contributed by atoms with Gasteiger partial charge in [0.25, 0.3) is 5.91 Å². The molecule has 0 unspecified atom stereocenters. The first-order valence-electron chi connectivity index (χ1n) is 12.3. The van der Waals surface area contributed by atoms with E-state index in [-0.39, 0.29) is 23.9 Å². The third-order valence-electron chi connectivity index (χ3n) is 7.58. The molecule has 2 aromatic carbocycles. The lowest BCUT2D eigenvalue weighted by Gasteiger charge is -2.37. The van der Waals surface area contributed by atoms with Gasteiger partial charge < -0.3 is 14.4 Å². The average Bonchev–Trinajstić information content (AvgIpc) is 2.82. The largest absolute Gasteiger partial charge is 0.490 e. The SMILES string of the molecule is COC(=O)C1CCN(C(=O)c2ccc3cc(OC4CCC(C(C)(C)C)CC4)ccc3c2)CC1. The minimum absolute atomic E-state index is 0.0242. The Morgan fingerprint density at radius 1 is 0.879 bits per heavy atom. The van der Waals surface area contributed by atoms with Gasteiger partial charge in [0, 0.05) is 18.7 Å². The molecule has 1 aliphatic carbocycles. The van der Waals surface area contributed by atoms with Crippen molar-refractivity contribution < 1.29 is 19.1 Å². The second-order valence-electron chi connectivity index (χ2n) is 10.8. The van der Waals surface area contributed by atoms with Crippen LogP contribution in [0.3, 0.4) is 0 Å². The highest BCUT2D eigenvalue weighted by molar-refractivity contribution is 5.99. The van der Waals surface area contributed by atoms with Crippen molar-refractivity contribution >= 4 is 22.6 Å². The highest BCUT2D eigenvalue weighted by Gasteiger charge is 2.31. The maximum atomic E-state index is 13.0. The second-order valence-corrected chi connectivity index (χ2v) is 10.8. The Morgan fingerprint density at radius 3 is 2.15 bits per heavy atom. The highest BCUT2D eigenvalue weighted by Crippen LogP contribution is 2.39. The van der Waals surface area contributed by atoms with Crippen molar-refractivity contribution in [2.75, 3.05) is 20.2 Å². The first-order chi connectivity index (χ1) is 15.7. The summed E-state index contributed by atoms with van der Waals surface area (Å²) in [5, 5.41) is 2.12. The Balaban J connectivity index is 1.37. The van der Waals surface area contributed by atoms with Crippen molar-refractivity contribution in [2.24, 2.45) is 17.3 Å². The highest BCUT2D eigenvalue weighted by atomic mass is 16.5. The van der Waals surface area contributed by atoms with Gasteiger partial charge in [-0.05, 0) is 84.9 Å². The number of esters is 1. The molecular weight excluding hydrogens is 414 g/mol. The summed E-state index contributed by atoms with van der Waals surface area (Å²) in [6.07, 6.45) is 6.28. The number of fused-ring (bicyclic) bond motifs is 1. The first kappa shape index (κ1) is 23.6. The predicted molar refractivity (Wildman–Crippen MR) is 130 cm³/mol. The summed E-state index contributed by atoms with van der Waals surface area (Å²) in [6.45, 7) is 8.18. The Morgan fingerprint density at radius 2 is 1.52 bits per heavy atom. The van der Waals surface area contributed by atoms with Crippen molar-refractivity contribution in [3.8, 4) is 5.75 Å². The minimum Gasteiger partial charge on any atom is -0.490 e. The van der Waals surface area contributed by atoms with Crippen LogP contribution in [0.15, 0.2) is 36.4 Å². The molecule has 0 spiro atoms. The number of carbonyl (C=O) groups is 2. The minimum atomic E-state index is -0.173. The van der Waals surface area contributed by atoms with Gasteiger partial charge in [0.1, 0.15) is 5.75 Å². The molecule has 5 nitrogen and oxygen atoms in total. The lowest BCUT2D eigenvalue weighted by atomic mass is 9.72. The second kappa shape index (κ2) is 9.74. The van der Waals surface area contributed by atoms with Gasteiger partial charge in [0.15, 0.2) is 0 Å². The first-order valence-corrected chi connectivity index (χ1v) is 12.3. The van der Waals surface area contributed by atoms with Crippen LogP contribution < -0.4 is 4.74 Å². The Kier molecular flexibility index (Phi) is 6.96. The van der Waals surface area contributed by atoms with E-state index in [1.54, 1.807) is 0 Å². The van der Waals surface area contributed by atoms with Crippen LogP contribution in [0.4, 0.5) is 0 Å². The fraction of sp³-hybridized carbons (Fsp3) is 0.571. The van der Waals surface area contributed by atoms with Gasteiger partial charge in [-0.2, -0.15) is 0 Å². The van der Waals surface area contributed by atoms with E-state index in [2.05, 4.69) is 26.8 Å². The fourth-order valence-electron chi connectivity index (χ4n) is 5.34. The van der Waals surface area contributed by atoms with Crippen molar-refractivity contribution in [2.45, 2.75) is 65.4 Å². The van der Waals surface area contributed by atoms with Crippen LogP contribution in [0.5, 0.6) is 5.75 Å². The van der Waals surface area contributed by atoms with Crippen LogP contribution in [0.25, 0.3) is 10.8 Å². The van der Waals surface area contributed by atoms with Crippen LogP contribution in [0.1, 0.15) is 69.7 Å². The summed E-state index contributed by atoms with van der Waals surface area (Å²) >= 11 is 0. The molecule has 2 aliphatic rings. The van der Waals surface area contributed by atoms with Crippen LogP contribution in [-0.2, 0) is 9.53 Å². The van der Waals surface area contributed by atoms with Gasteiger partial charge >= 0.3 is 5.97 Å². The zero-order valence-corrected chi connectivity index (χ0v) is 20.4. The predicted octanol–water partition coefficient (Wildman–Crippen LogP) is 5.85. The van der Waals surface area contributed by atoms with E-state index in [4.69, 9.17) is 9.47 Å². The lowest BCUT2D eigenvalue weighted by molar-refractivity contribution is -0.146. The molecule has 33 heavy (non-hydrogen) atoms. The molecule has 5 heteroatoms. The third-order valence-corrected chi connectivity index (χ3v) is 7.58. The number of likely N-dealkylation sites (tertiary alicyclic amines) is 1. The number of amides is 1. The summed E-state index contributed by atoms with van der Waals surface area (Å²) in [6, 6.07) is 12.0. The number of ether oxygens (including phenoxy) is 2. The molecule has 1 heterocycles. The zero-order chi connectivity index (χ0) is 23.6. The number of rotatable bonds is 4. The Bertz CT molecular complexity index is 993. The number of nitrogens with zero attached hydrogens (tertiary/aromatic N) is 1. The number of methoxy groups -OCH3 is 1. The van der Waals surface area contributed by atoms with Crippen molar-refractivity contribution in [3.63, 3.8) is 0 Å². The summed E-state index contributed by atoms with van der Waals surface area (Å²) in [7, 11) is 1.42. The summed E-state index contributed by atoms with van der Waals surface area (Å²) in [5.41, 5.74) is 1.06. The van der Waals surface area contributed by atoms with Gasteiger partial charge in [-0.1, -0.05) is 32.9 Å². The molecule has 2 aromatic rings. The van der Waals surface area contributed by atoms with Crippen molar-refractivity contribution in [3.05, 3.63) is 42.0 Å². The molecular formula is C28H37NO4. The number of piperidine rings is 1. The van der Waals surface area contributed by atoms with Gasteiger partial charge in [-0.15, -0.1) is 0 Å². The normalized spacial score (nSPS) is 22.2. The molecule has 0 atom stereocenters. The molecule has 178 valence electrons. The topological polar surface area (TPSA) is 55.8 Å². The lowest BCUT2D eigenvalue weighted by Crippen LogP contribution is -2.40. The quantitative estimate of drug-likeness (QED) is 0.547. The maximum Gasteiger partial charge on any atom is 0.308 e. The van der Waals surface area contributed by atoms with E-state index in [9.17, 15) is 9.59 Å². The molecule has 4 rings (SSSR count). The molecule has 1 saturated heterocycles. The molecule has 0 N–H and O–H groups in total. The van der Waals surface area contributed by atoms with E-state index in [0.29, 0.717) is 36.9 Å². The number of hydrogen-bond acceptors (Lipinski definition) is 4. The van der Waals surface area contributed by atoms with Gasteiger partial charge in [0.05, 0.1) is 19.1 Å². The van der Waals surface area contributed by atoms with Crippen molar-refractivity contribution in [1.29, 1.82) is 0 Å². The van der Waals surface area contributed by atoms with E-state index >= 15 is 0 Å². The summed E-state index contributed by atoms with van der Waals surface area (Å²) < 4.78 is 11.2. The van der Waals surface area contributed by atoms with Crippen LogP contribution >= 0.6 is 0 Å². The molecule has 2 fully saturated rings. The third kappa shape index (κ3) is 5.51. The van der Waals surface area contributed by atoms with Gasteiger partial charge in [0.2, 0.25) is 0 Å². The monoisotopic (exact) mass is 451 g/mol. The maximum absolute atomic E-state index is 13.0. The Hall–Kier alpha value is -2.56. The van der Waals surface area contributed by atoms with Crippen LogP contribution in [0.2, 0.25) is 0 Å². The van der Waals surface area contributed by atoms with E-state index < -0.39 is 0 Å². The van der Waals surface area contributed by atoms with E-state index in [1.807, 2.05) is 35.2 Å². The number of hydrogen-bond donors (Lipinski definition) is 0. The van der Waals surface area contributed by atoms with E-state index in [0.717, 1.165) is 35.3 Å². The molecule has 1 saturated carbocycles. The van der Waals surface area contributed by atoms with E-state index in [1.165, 1.54) is 20.0 Å².